The lowest BCUT2D eigenvalue weighted by atomic mass is 10.2. The molecule has 1 aromatic carbocycles. The number of nitrogens with one attached hydrogen (secondary N) is 1. The number of benzene rings is 1. The molecule has 0 saturated carbocycles. The third kappa shape index (κ3) is 4.85. The van der Waals surface area contributed by atoms with E-state index in [-0.39, 0.29) is 44.0 Å². The number of carbonyl (C=O) groups is 3. The van der Waals surface area contributed by atoms with Crippen LogP contribution in [0.2, 0.25) is 0 Å². The van der Waals surface area contributed by atoms with Gasteiger partial charge in [-0.25, -0.2) is 0 Å². The topological polar surface area (TPSA) is 84.9 Å². The van der Waals surface area contributed by atoms with Crippen molar-refractivity contribution in [2.45, 2.75) is 19.4 Å². The van der Waals surface area contributed by atoms with Gasteiger partial charge in [-0.2, -0.15) is 0 Å². The van der Waals surface area contributed by atoms with Crippen LogP contribution in [0.4, 0.5) is 5.69 Å². The van der Waals surface area contributed by atoms with E-state index in [9.17, 15) is 14.4 Å². The van der Waals surface area contributed by atoms with E-state index < -0.39 is 5.97 Å². The van der Waals surface area contributed by atoms with E-state index >= 15 is 0 Å². The minimum absolute atomic E-state index is 0.00612. The molecule has 0 saturated heterocycles. The number of ether oxygens (including phenoxy) is 2. The quantitative estimate of drug-likeness (QED) is 0.736. The summed E-state index contributed by atoms with van der Waals surface area (Å²) in [6.45, 7) is 1.63. The molecule has 1 atom stereocenters. The molecule has 1 aliphatic rings. The molecule has 0 aliphatic carbocycles. The Morgan fingerprint density at radius 3 is 2.89 bits per heavy atom. The van der Waals surface area contributed by atoms with Gasteiger partial charge in [0.2, 0.25) is 0 Å². The van der Waals surface area contributed by atoms with Gasteiger partial charge in [-0.15, -0.1) is 11.3 Å². The fourth-order valence-electron chi connectivity index (χ4n) is 2.71. The van der Waals surface area contributed by atoms with E-state index in [0.717, 1.165) is 4.88 Å². The van der Waals surface area contributed by atoms with Crippen LogP contribution < -0.4 is 15.0 Å². The van der Waals surface area contributed by atoms with Gasteiger partial charge in [0.1, 0.15) is 5.75 Å². The predicted molar refractivity (Wildman–Crippen MR) is 101 cm³/mol. The highest BCUT2D eigenvalue weighted by Crippen LogP contribution is 2.31. The summed E-state index contributed by atoms with van der Waals surface area (Å²) in [5, 5.41) is 4.71. The molecule has 3 rings (SSSR count). The second-order valence-corrected chi connectivity index (χ2v) is 7.00. The molecular formula is C19H20N2O5S. The van der Waals surface area contributed by atoms with Crippen molar-refractivity contribution in [2.75, 3.05) is 24.7 Å². The Morgan fingerprint density at radius 2 is 2.11 bits per heavy atom. The van der Waals surface area contributed by atoms with Crippen LogP contribution in [0.3, 0.4) is 0 Å². The number of rotatable bonds is 7. The lowest BCUT2D eigenvalue weighted by Crippen LogP contribution is -2.40. The van der Waals surface area contributed by atoms with Gasteiger partial charge >= 0.3 is 5.97 Å². The van der Waals surface area contributed by atoms with E-state index in [1.54, 1.807) is 29.5 Å². The first-order valence-corrected chi connectivity index (χ1v) is 9.43. The molecule has 1 aliphatic heterocycles. The maximum absolute atomic E-state index is 12.1. The average Bonchev–Trinajstić information content (AvgIpc) is 3.20. The standard InChI is InChI=1S/C19H20N2O5S/c1-13(16-7-4-10-27-16)20-17(22)11-26-19(24)8-9-21-14-5-2-3-6-15(14)25-12-18(21)23/h2-7,10,13H,8-9,11-12H2,1H3,(H,20,22)/t13-/m0/s1. The normalized spacial score (nSPS) is 14.1. The molecule has 2 amide bonds. The Labute approximate surface area is 160 Å². The van der Waals surface area contributed by atoms with Crippen molar-refractivity contribution in [1.82, 2.24) is 5.32 Å². The second kappa shape index (κ2) is 8.68. The van der Waals surface area contributed by atoms with E-state index in [1.165, 1.54) is 4.90 Å². The van der Waals surface area contributed by atoms with E-state index in [0.29, 0.717) is 11.4 Å². The number of para-hydroxylation sites is 2. The lowest BCUT2D eigenvalue weighted by molar-refractivity contribution is -0.148. The van der Waals surface area contributed by atoms with Crippen LogP contribution in [0.25, 0.3) is 0 Å². The Bertz CT molecular complexity index is 821. The fraction of sp³-hybridized carbons (Fsp3) is 0.316. The van der Waals surface area contributed by atoms with Crippen LogP contribution in [0.1, 0.15) is 24.3 Å². The van der Waals surface area contributed by atoms with Crippen LogP contribution in [-0.2, 0) is 19.1 Å². The number of anilines is 1. The average molecular weight is 388 g/mol. The van der Waals surface area contributed by atoms with Gasteiger partial charge in [0, 0.05) is 11.4 Å². The zero-order valence-electron chi connectivity index (χ0n) is 14.8. The number of amides is 2. The number of hydrogen-bond acceptors (Lipinski definition) is 6. The van der Waals surface area contributed by atoms with Gasteiger partial charge in [0.05, 0.1) is 18.2 Å². The van der Waals surface area contributed by atoms with Gasteiger partial charge in [-0.05, 0) is 30.5 Å². The summed E-state index contributed by atoms with van der Waals surface area (Å²) in [6, 6.07) is 10.8. The first-order valence-electron chi connectivity index (χ1n) is 8.55. The molecule has 0 unspecified atom stereocenters. The Balaban J connectivity index is 1.45. The summed E-state index contributed by atoms with van der Waals surface area (Å²) < 4.78 is 10.4. The first-order chi connectivity index (χ1) is 13.0. The molecule has 0 bridgehead atoms. The van der Waals surface area contributed by atoms with Gasteiger partial charge in [0.15, 0.2) is 13.2 Å². The molecule has 0 radical (unpaired) electrons. The van der Waals surface area contributed by atoms with Crippen molar-refractivity contribution in [2.24, 2.45) is 0 Å². The van der Waals surface area contributed by atoms with Crippen LogP contribution >= 0.6 is 11.3 Å². The zero-order valence-corrected chi connectivity index (χ0v) is 15.7. The molecule has 1 aromatic heterocycles. The largest absolute Gasteiger partial charge is 0.482 e. The number of carbonyl (C=O) groups excluding carboxylic acids is 3. The predicted octanol–water partition coefficient (Wildman–Crippen LogP) is 2.28. The molecule has 0 fully saturated rings. The van der Waals surface area contributed by atoms with Gasteiger partial charge in [0.25, 0.3) is 11.8 Å². The summed E-state index contributed by atoms with van der Waals surface area (Å²) >= 11 is 1.55. The summed E-state index contributed by atoms with van der Waals surface area (Å²) in [6.07, 6.45) is -0.00612. The fourth-order valence-corrected chi connectivity index (χ4v) is 3.45. The van der Waals surface area contributed by atoms with Gasteiger partial charge in [-0.1, -0.05) is 18.2 Å². The van der Waals surface area contributed by atoms with Crippen molar-refractivity contribution in [3.63, 3.8) is 0 Å². The first kappa shape index (κ1) is 18.9. The summed E-state index contributed by atoms with van der Waals surface area (Å²) in [5.41, 5.74) is 0.629. The van der Waals surface area contributed by atoms with Gasteiger partial charge in [-0.3, -0.25) is 14.4 Å². The lowest BCUT2D eigenvalue weighted by Gasteiger charge is -2.28. The van der Waals surface area contributed by atoms with E-state index in [2.05, 4.69) is 5.32 Å². The molecule has 2 heterocycles. The third-order valence-corrected chi connectivity index (χ3v) is 5.11. The zero-order chi connectivity index (χ0) is 19.2. The highest BCUT2D eigenvalue weighted by Gasteiger charge is 2.25. The highest BCUT2D eigenvalue weighted by molar-refractivity contribution is 7.10. The molecule has 0 spiro atoms. The van der Waals surface area contributed by atoms with Crippen molar-refractivity contribution in [1.29, 1.82) is 0 Å². The monoisotopic (exact) mass is 388 g/mol. The Hall–Kier alpha value is -2.87. The van der Waals surface area contributed by atoms with Crippen LogP contribution in [0.15, 0.2) is 41.8 Å². The van der Waals surface area contributed by atoms with Crippen LogP contribution in [0, 0.1) is 0 Å². The molecular weight excluding hydrogens is 368 g/mol. The molecule has 2 aromatic rings. The molecule has 7 nitrogen and oxygen atoms in total. The maximum atomic E-state index is 12.1. The van der Waals surface area contributed by atoms with Crippen molar-refractivity contribution in [3.8, 4) is 5.75 Å². The molecule has 142 valence electrons. The van der Waals surface area contributed by atoms with Crippen LogP contribution in [-0.4, -0.2) is 37.5 Å². The van der Waals surface area contributed by atoms with E-state index in [1.807, 2.05) is 30.5 Å². The summed E-state index contributed by atoms with van der Waals surface area (Å²) in [7, 11) is 0. The maximum Gasteiger partial charge on any atom is 0.308 e. The minimum atomic E-state index is -0.536. The number of esters is 1. The number of fused-ring (bicyclic) bond motifs is 1. The van der Waals surface area contributed by atoms with Crippen molar-refractivity contribution >= 4 is 34.8 Å². The third-order valence-electron chi connectivity index (χ3n) is 4.06. The number of hydrogen-bond donors (Lipinski definition) is 1. The minimum Gasteiger partial charge on any atom is -0.482 e. The summed E-state index contributed by atoms with van der Waals surface area (Å²) in [5.74, 6) is -0.515. The van der Waals surface area contributed by atoms with E-state index in [4.69, 9.17) is 9.47 Å². The van der Waals surface area contributed by atoms with Crippen LogP contribution in [0.5, 0.6) is 5.75 Å². The highest BCUT2D eigenvalue weighted by atomic mass is 32.1. The smallest absolute Gasteiger partial charge is 0.308 e. The number of thiophene rings is 1. The summed E-state index contributed by atoms with van der Waals surface area (Å²) in [4.78, 5) is 38.4. The van der Waals surface area contributed by atoms with Crippen molar-refractivity contribution < 1.29 is 23.9 Å². The SMILES string of the molecule is C[C@H](NC(=O)COC(=O)CCN1C(=O)COc2ccccc21)c1cccs1. The Kier molecular flexibility index (Phi) is 6.08. The van der Waals surface area contributed by atoms with Gasteiger partial charge < -0.3 is 19.7 Å². The molecule has 1 N–H and O–H groups in total. The second-order valence-electron chi connectivity index (χ2n) is 6.02. The van der Waals surface area contributed by atoms with Crippen molar-refractivity contribution in [3.05, 3.63) is 46.7 Å². The molecule has 27 heavy (non-hydrogen) atoms. The Morgan fingerprint density at radius 1 is 1.30 bits per heavy atom. The number of nitrogens with zero attached hydrogens (tertiary/aromatic N) is 1. The molecule has 8 heteroatoms.